The zero-order valence-electron chi connectivity index (χ0n) is 10.5. The van der Waals surface area contributed by atoms with Gasteiger partial charge in [0.2, 0.25) is 0 Å². The fourth-order valence-corrected chi connectivity index (χ4v) is 1.40. The Balaban J connectivity index is 2.07. The summed E-state index contributed by atoms with van der Waals surface area (Å²) in [5.41, 5.74) is 0.730. The number of H-pyrrole nitrogens is 1. The zero-order chi connectivity index (χ0) is 14.2. The number of aromatic nitrogens is 5. The Morgan fingerprint density at radius 3 is 3.15 bits per heavy atom. The topological polar surface area (TPSA) is 117 Å². The smallest absolute Gasteiger partial charge is 0.271 e. The SMILES string of the molecule is O=C(NCc1nn[nH]n1)c1ncccc1C#CCCO. The summed E-state index contributed by atoms with van der Waals surface area (Å²) in [6.07, 6.45) is 1.86. The summed E-state index contributed by atoms with van der Waals surface area (Å²) >= 11 is 0. The van der Waals surface area contributed by atoms with Gasteiger partial charge in [0.05, 0.1) is 18.7 Å². The Kier molecular flexibility index (Phi) is 4.75. The summed E-state index contributed by atoms with van der Waals surface area (Å²) in [4.78, 5) is 16.0. The molecule has 0 aromatic carbocycles. The van der Waals surface area contributed by atoms with E-state index in [4.69, 9.17) is 5.11 Å². The molecule has 3 N–H and O–H groups in total. The van der Waals surface area contributed by atoms with Gasteiger partial charge in [0.25, 0.3) is 5.91 Å². The van der Waals surface area contributed by atoms with Gasteiger partial charge in [-0.1, -0.05) is 17.1 Å². The maximum absolute atomic E-state index is 12.0. The first-order valence-corrected chi connectivity index (χ1v) is 5.86. The van der Waals surface area contributed by atoms with Gasteiger partial charge in [0.15, 0.2) is 5.82 Å². The number of carbonyl (C=O) groups is 1. The number of tetrazole rings is 1. The third-order valence-corrected chi connectivity index (χ3v) is 2.28. The molecule has 0 unspecified atom stereocenters. The molecule has 0 spiro atoms. The average Bonchev–Trinajstić information content (AvgIpc) is 2.99. The fourth-order valence-electron chi connectivity index (χ4n) is 1.40. The van der Waals surface area contributed by atoms with Crippen LogP contribution >= 0.6 is 0 Å². The Hall–Kier alpha value is -2.79. The number of hydrogen-bond donors (Lipinski definition) is 3. The first kappa shape index (κ1) is 13.6. The molecule has 0 saturated carbocycles. The lowest BCUT2D eigenvalue weighted by molar-refractivity contribution is 0.0944. The largest absolute Gasteiger partial charge is 0.395 e. The molecule has 2 aromatic heterocycles. The van der Waals surface area contributed by atoms with E-state index in [-0.39, 0.29) is 24.8 Å². The molecule has 0 saturated heterocycles. The molecule has 20 heavy (non-hydrogen) atoms. The van der Waals surface area contributed by atoms with Gasteiger partial charge in [-0.15, -0.1) is 10.2 Å². The second-order valence-electron chi connectivity index (χ2n) is 3.69. The summed E-state index contributed by atoms with van der Waals surface area (Å²) in [5.74, 6) is 5.57. The molecule has 102 valence electrons. The minimum Gasteiger partial charge on any atom is -0.395 e. The van der Waals surface area contributed by atoms with Crippen LogP contribution in [0.25, 0.3) is 0 Å². The van der Waals surface area contributed by atoms with E-state index >= 15 is 0 Å². The van der Waals surface area contributed by atoms with Crippen LogP contribution in [0.2, 0.25) is 0 Å². The molecule has 0 radical (unpaired) electrons. The molecule has 8 nitrogen and oxygen atoms in total. The van der Waals surface area contributed by atoms with Gasteiger partial charge in [0.1, 0.15) is 5.69 Å². The van der Waals surface area contributed by atoms with Gasteiger partial charge in [-0.25, -0.2) is 4.98 Å². The van der Waals surface area contributed by atoms with Crippen LogP contribution < -0.4 is 5.32 Å². The quantitative estimate of drug-likeness (QED) is 0.631. The van der Waals surface area contributed by atoms with Crippen LogP contribution in [-0.4, -0.2) is 43.2 Å². The van der Waals surface area contributed by atoms with Gasteiger partial charge in [-0.2, -0.15) is 5.21 Å². The number of pyridine rings is 1. The highest BCUT2D eigenvalue weighted by molar-refractivity contribution is 5.94. The van der Waals surface area contributed by atoms with Crippen molar-refractivity contribution in [3.8, 4) is 11.8 Å². The molecule has 0 aliphatic carbocycles. The Bertz CT molecular complexity index is 629. The Morgan fingerprint density at radius 2 is 2.40 bits per heavy atom. The lowest BCUT2D eigenvalue weighted by atomic mass is 10.2. The van der Waals surface area contributed by atoms with Crippen molar-refractivity contribution >= 4 is 5.91 Å². The van der Waals surface area contributed by atoms with E-state index in [2.05, 4.69) is 42.8 Å². The highest BCUT2D eigenvalue weighted by Crippen LogP contribution is 2.04. The van der Waals surface area contributed by atoms with E-state index in [9.17, 15) is 4.79 Å². The van der Waals surface area contributed by atoms with E-state index < -0.39 is 0 Å². The predicted octanol–water partition coefficient (Wildman–Crippen LogP) is -0.741. The minimum absolute atomic E-state index is 0.0212. The number of carbonyl (C=O) groups excluding carboxylic acids is 1. The van der Waals surface area contributed by atoms with Crippen molar-refractivity contribution in [2.24, 2.45) is 0 Å². The highest BCUT2D eigenvalue weighted by Gasteiger charge is 2.11. The minimum atomic E-state index is -0.372. The lowest BCUT2D eigenvalue weighted by Crippen LogP contribution is -2.25. The molecular formula is C12H12N6O2. The summed E-state index contributed by atoms with van der Waals surface area (Å²) in [5, 5.41) is 24.5. The molecule has 2 rings (SSSR count). The molecule has 1 amide bonds. The van der Waals surface area contributed by atoms with Crippen LogP contribution in [0.1, 0.15) is 28.3 Å². The summed E-state index contributed by atoms with van der Waals surface area (Å²) in [6, 6.07) is 3.39. The van der Waals surface area contributed by atoms with Crippen molar-refractivity contribution in [3.05, 3.63) is 35.4 Å². The molecule has 2 aromatic rings. The maximum atomic E-state index is 12.0. The van der Waals surface area contributed by atoms with Gasteiger partial charge in [-0.3, -0.25) is 4.79 Å². The van der Waals surface area contributed by atoms with Crippen molar-refractivity contribution in [2.75, 3.05) is 6.61 Å². The summed E-state index contributed by atoms with van der Waals surface area (Å²) < 4.78 is 0. The van der Waals surface area contributed by atoms with Gasteiger partial charge in [0, 0.05) is 12.6 Å². The van der Waals surface area contributed by atoms with Crippen LogP contribution in [0.4, 0.5) is 0 Å². The summed E-state index contributed by atoms with van der Waals surface area (Å²) in [6.45, 7) is 0.127. The van der Waals surface area contributed by atoms with Crippen LogP contribution in [-0.2, 0) is 6.54 Å². The number of aromatic amines is 1. The highest BCUT2D eigenvalue weighted by atomic mass is 16.2. The standard InChI is InChI=1S/C12H12N6O2/c19-7-2-1-4-9-5-3-6-13-11(9)12(20)14-8-10-15-17-18-16-10/h3,5-6,19H,2,7-8H2,(H,14,20)(H,15,16,17,18). The van der Waals surface area contributed by atoms with Gasteiger partial charge in [-0.05, 0) is 12.1 Å². The first-order chi connectivity index (χ1) is 9.81. The number of rotatable bonds is 4. The lowest BCUT2D eigenvalue weighted by Gasteiger charge is -2.03. The van der Waals surface area contributed by atoms with Crippen LogP contribution in [0, 0.1) is 11.8 Å². The first-order valence-electron chi connectivity index (χ1n) is 5.86. The molecule has 8 heteroatoms. The van der Waals surface area contributed by atoms with E-state index in [0.29, 0.717) is 17.8 Å². The second-order valence-corrected chi connectivity index (χ2v) is 3.69. The van der Waals surface area contributed by atoms with E-state index in [1.807, 2.05) is 0 Å². The maximum Gasteiger partial charge on any atom is 0.271 e. The van der Waals surface area contributed by atoms with Crippen LogP contribution in [0.5, 0.6) is 0 Å². The van der Waals surface area contributed by atoms with Crippen LogP contribution in [0.15, 0.2) is 18.3 Å². The monoisotopic (exact) mass is 272 g/mol. The van der Waals surface area contributed by atoms with E-state index in [1.165, 1.54) is 6.20 Å². The third-order valence-electron chi connectivity index (χ3n) is 2.28. The number of nitrogens with one attached hydrogen (secondary N) is 2. The average molecular weight is 272 g/mol. The summed E-state index contributed by atoms with van der Waals surface area (Å²) in [7, 11) is 0. The molecule has 2 heterocycles. The van der Waals surface area contributed by atoms with Crippen molar-refractivity contribution in [1.29, 1.82) is 0 Å². The molecule has 0 bridgehead atoms. The van der Waals surface area contributed by atoms with Gasteiger partial charge < -0.3 is 10.4 Å². The fraction of sp³-hybridized carbons (Fsp3) is 0.250. The number of nitrogens with zero attached hydrogens (tertiary/aromatic N) is 4. The van der Waals surface area contributed by atoms with E-state index in [0.717, 1.165) is 0 Å². The Labute approximate surface area is 114 Å². The second kappa shape index (κ2) is 6.96. The molecule has 0 atom stereocenters. The number of aliphatic hydroxyl groups excluding tert-OH is 1. The molecule has 0 fully saturated rings. The molecular weight excluding hydrogens is 260 g/mol. The zero-order valence-corrected chi connectivity index (χ0v) is 10.5. The van der Waals surface area contributed by atoms with Crippen molar-refractivity contribution in [1.82, 2.24) is 30.9 Å². The van der Waals surface area contributed by atoms with Crippen LogP contribution in [0.3, 0.4) is 0 Å². The van der Waals surface area contributed by atoms with Gasteiger partial charge >= 0.3 is 0 Å². The van der Waals surface area contributed by atoms with E-state index in [1.54, 1.807) is 12.1 Å². The number of hydrogen-bond acceptors (Lipinski definition) is 6. The normalized spacial score (nSPS) is 9.65. The van der Waals surface area contributed by atoms with Crippen molar-refractivity contribution in [2.45, 2.75) is 13.0 Å². The number of aliphatic hydroxyl groups is 1. The van der Waals surface area contributed by atoms with Crippen molar-refractivity contribution < 1.29 is 9.90 Å². The third kappa shape index (κ3) is 3.60. The van der Waals surface area contributed by atoms with Crippen molar-refractivity contribution in [3.63, 3.8) is 0 Å². The Morgan fingerprint density at radius 1 is 1.50 bits per heavy atom. The predicted molar refractivity (Wildman–Crippen MR) is 68.2 cm³/mol. The molecule has 0 aliphatic rings. The number of amides is 1. The molecule has 0 aliphatic heterocycles.